The number of ketones is 1. The maximum atomic E-state index is 12.7. The predicted molar refractivity (Wildman–Crippen MR) is 104 cm³/mol. The van der Waals surface area contributed by atoms with Crippen LogP contribution in [0.5, 0.6) is 5.75 Å². The number of nitro groups is 1. The van der Waals surface area contributed by atoms with Gasteiger partial charge in [0.15, 0.2) is 11.5 Å². The SMILES string of the molecule is COc1ccc(C(=O)N2CCC(C(=O)c3ccc(C)cc3)CC2)cc1[N+](=O)[O-]. The molecule has 2 aromatic rings. The highest BCUT2D eigenvalue weighted by atomic mass is 16.6. The van der Waals surface area contributed by atoms with Crippen LogP contribution in [0.25, 0.3) is 0 Å². The second-order valence-corrected chi connectivity index (χ2v) is 6.94. The highest BCUT2D eigenvalue weighted by molar-refractivity contribution is 5.98. The first kappa shape index (κ1) is 19.5. The molecule has 1 aliphatic heterocycles. The Morgan fingerprint density at radius 3 is 2.25 bits per heavy atom. The van der Waals surface area contributed by atoms with E-state index in [1.807, 2.05) is 31.2 Å². The lowest BCUT2D eigenvalue weighted by molar-refractivity contribution is -0.385. The van der Waals surface area contributed by atoms with Gasteiger partial charge in [0.2, 0.25) is 0 Å². The minimum absolute atomic E-state index is 0.104. The van der Waals surface area contributed by atoms with E-state index < -0.39 is 4.92 Å². The molecule has 0 spiro atoms. The molecule has 28 heavy (non-hydrogen) atoms. The molecule has 0 unspecified atom stereocenters. The van der Waals surface area contributed by atoms with Gasteiger partial charge in [0.05, 0.1) is 12.0 Å². The molecule has 1 saturated heterocycles. The summed E-state index contributed by atoms with van der Waals surface area (Å²) in [5.41, 5.74) is 1.81. The first-order valence-corrected chi connectivity index (χ1v) is 9.13. The Bertz CT molecular complexity index is 900. The monoisotopic (exact) mass is 382 g/mol. The number of hydrogen-bond donors (Lipinski definition) is 0. The predicted octanol–water partition coefficient (Wildman–Crippen LogP) is 3.65. The minimum Gasteiger partial charge on any atom is -0.490 e. The Balaban J connectivity index is 1.67. The fourth-order valence-corrected chi connectivity index (χ4v) is 3.45. The maximum absolute atomic E-state index is 12.7. The quantitative estimate of drug-likeness (QED) is 0.447. The fourth-order valence-electron chi connectivity index (χ4n) is 3.45. The molecule has 2 aromatic carbocycles. The molecule has 0 bridgehead atoms. The van der Waals surface area contributed by atoms with Gasteiger partial charge >= 0.3 is 5.69 Å². The van der Waals surface area contributed by atoms with E-state index in [9.17, 15) is 19.7 Å². The van der Waals surface area contributed by atoms with Gasteiger partial charge in [-0.15, -0.1) is 0 Å². The Labute approximate surface area is 163 Å². The zero-order valence-corrected chi connectivity index (χ0v) is 15.9. The average molecular weight is 382 g/mol. The van der Waals surface area contributed by atoms with Crippen LogP contribution in [0.3, 0.4) is 0 Å². The number of methoxy groups -OCH3 is 1. The number of nitro benzene ring substituents is 1. The Kier molecular flexibility index (Phi) is 5.73. The fraction of sp³-hybridized carbons (Fsp3) is 0.333. The van der Waals surface area contributed by atoms with Crippen LogP contribution in [0.15, 0.2) is 42.5 Å². The van der Waals surface area contributed by atoms with Crippen molar-refractivity contribution in [2.45, 2.75) is 19.8 Å². The van der Waals surface area contributed by atoms with Crippen LogP contribution in [-0.4, -0.2) is 41.7 Å². The van der Waals surface area contributed by atoms with Crippen molar-refractivity contribution >= 4 is 17.4 Å². The van der Waals surface area contributed by atoms with Crippen molar-refractivity contribution in [2.24, 2.45) is 5.92 Å². The Morgan fingerprint density at radius 1 is 1.07 bits per heavy atom. The number of amides is 1. The van der Waals surface area contributed by atoms with Gasteiger partial charge in [-0.3, -0.25) is 19.7 Å². The molecule has 1 amide bonds. The van der Waals surface area contributed by atoms with Crippen molar-refractivity contribution in [3.63, 3.8) is 0 Å². The lowest BCUT2D eigenvalue weighted by atomic mass is 9.88. The molecule has 0 N–H and O–H groups in total. The summed E-state index contributed by atoms with van der Waals surface area (Å²) in [6.07, 6.45) is 1.16. The molecular formula is C21H22N2O5. The molecule has 1 fully saturated rings. The van der Waals surface area contributed by atoms with Crippen molar-refractivity contribution in [1.82, 2.24) is 4.90 Å². The number of carbonyl (C=O) groups excluding carboxylic acids is 2. The lowest BCUT2D eigenvalue weighted by Crippen LogP contribution is -2.40. The smallest absolute Gasteiger partial charge is 0.311 e. The van der Waals surface area contributed by atoms with Gasteiger partial charge in [-0.05, 0) is 31.9 Å². The van der Waals surface area contributed by atoms with E-state index in [2.05, 4.69) is 0 Å². The summed E-state index contributed by atoms with van der Waals surface area (Å²) in [4.78, 5) is 37.6. The summed E-state index contributed by atoms with van der Waals surface area (Å²) in [6, 6.07) is 11.7. The van der Waals surface area contributed by atoms with Crippen molar-refractivity contribution in [2.75, 3.05) is 20.2 Å². The van der Waals surface area contributed by atoms with E-state index in [1.165, 1.54) is 25.3 Å². The van der Waals surface area contributed by atoms with E-state index in [-0.39, 0.29) is 34.6 Å². The normalized spacial score (nSPS) is 14.6. The van der Waals surface area contributed by atoms with Crippen LogP contribution in [0.1, 0.15) is 39.1 Å². The molecule has 0 aromatic heterocycles. The standard InChI is InChI=1S/C21H22N2O5/c1-14-3-5-15(6-4-14)20(24)16-9-11-22(12-10-16)21(25)17-7-8-19(28-2)18(13-17)23(26)27/h3-8,13,16H,9-12H2,1-2H3. The van der Waals surface area contributed by atoms with E-state index in [1.54, 1.807) is 4.90 Å². The molecule has 0 saturated carbocycles. The molecule has 146 valence electrons. The number of ether oxygens (including phenoxy) is 1. The number of carbonyl (C=O) groups is 2. The number of rotatable bonds is 5. The van der Waals surface area contributed by atoms with Gasteiger partial charge in [0.25, 0.3) is 5.91 Å². The van der Waals surface area contributed by atoms with Crippen LogP contribution in [0.4, 0.5) is 5.69 Å². The largest absolute Gasteiger partial charge is 0.490 e. The van der Waals surface area contributed by atoms with Crippen molar-refractivity contribution < 1.29 is 19.2 Å². The highest BCUT2D eigenvalue weighted by Gasteiger charge is 2.29. The van der Waals surface area contributed by atoms with Crippen molar-refractivity contribution in [1.29, 1.82) is 0 Å². The summed E-state index contributed by atoms with van der Waals surface area (Å²) in [5.74, 6) is -0.167. The number of nitrogens with zero attached hydrogens (tertiary/aromatic N) is 2. The van der Waals surface area contributed by atoms with Crippen LogP contribution in [-0.2, 0) is 0 Å². The summed E-state index contributed by atoms with van der Waals surface area (Å²) >= 11 is 0. The van der Waals surface area contributed by atoms with Crippen LogP contribution >= 0.6 is 0 Å². The van der Waals surface area contributed by atoms with Crippen molar-refractivity contribution in [3.8, 4) is 5.75 Å². The van der Waals surface area contributed by atoms with Crippen molar-refractivity contribution in [3.05, 3.63) is 69.3 Å². The lowest BCUT2D eigenvalue weighted by Gasteiger charge is -2.31. The zero-order chi connectivity index (χ0) is 20.3. The molecule has 1 aliphatic rings. The molecule has 7 heteroatoms. The first-order chi connectivity index (χ1) is 13.4. The van der Waals surface area contributed by atoms with Gasteiger partial charge in [0.1, 0.15) is 0 Å². The second kappa shape index (κ2) is 8.21. The molecular weight excluding hydrogens is 360 g/mol. The van der Waals surface area contributed by atoms with Gasteiger partial charge in [-0.1, -0.05) is 29.8 Å². The Hall–Kier alpha value is -3.22. The number of piperidine rings is 1. The summed E-state index contributed by atoms with van der Waals surface area (Å²) in [7, 11) is 1.35. The molecule has 7 nitrogen and oxygen atoms in total. The molecule has 3 rings (SSSR count). The molecule has 0 atom stereocenters. The van der Waals surface area contributed by atoms with Crippen LogP contribution in [0, 0.1) is 23.0 Å². The number of benzene rings is 2. The summed E-state index contributed by atoms with van der Waals surface area (Å²) < 4.78 is 4.97. The average Bonchev–Trinajstić information content (AvgIpc) is 2.73. The van der Waals surface area contributed by atoms with Gasteiger partial charge in [0, 0.05) is 36.2 Å². The van der Waals surface area contributed by atoms with Gasteiger partial charge in [-0.2, -0.15) is 0 Å². The maximum Gasteiger partial charge on any atom is 0.311 e. The van der Waals surface area contributed by atoms with E-state index in [0.29, 0.717) is 31.5 Å². The van der Waals surface area contributed by atoms with E-state index in [4.69, 9.17) is 4.74 Å². The third-order valence-electron chi connectivity index (χ3n) is 5.11. The van der Waals surface area contributed by atoms with Gasteiger partial charge in [-0.25, -0.2) is 0 Å². The topological polar surface area (TPSA) is 89.8 Å². The second-order valence-electron chi connectivity index (χ2n) is 6.94. The number of aryl methyl sites for hydroxylation is 1. The zero-order valence-electron chi connectivity index (χ0n) is 15.9. The van der Waals surface area contributed by atoms with Gasteiger partial charge < -0.3 is 9.64 Å². The van der Waals surface area contributed by atoms with E-state index >= 15 is 0 Å². The molecule has 0 radical (unpaired) electrons. The summed E-state index contributed by atoms with van der Waals surface area (Å²) in [6.45, 7) is 2.86. The number of likely N-dealkylation sites (tertiary alicyclic amines) is 1. The Morgan fingerprint density at radius 2 is 1.68 bits per heavy atom. The van der Waals surface area contributed by atoms with E-state index in [0.717, 1.165) is 5.56 Å². The third-order valence-corrected chi connectivity index (χ3v) is 5.11. The minimum atomic E-state index is -0.567. The third kappa shape index (κ3) is 4.03. The first-order valence-electron chi connectivity index (χ1n) is 9.13. The van der Waals surface area contributed by atoms with Crippen LogP contribution in [0.2, 0.25) is 0 Å². The highest BCUT2D eigenvalue weighted by Crippen LogP contribution is 2.29. The van der Waals surface area contributed by atoms with Crippen LogP contribution < -0.4 is 4.74 Å². The summed E-state index contributed by atoms with van der Waals surface area (Å²) in [5, 5.41) is 11.2. The molecule has 1 heterocycles. The number of hydrogen-bond acceptors (Lipinski definition) is 5. The number of Topliss-reactive ketones (excluding diaryl/α,β-unsaturated/α-hetero) is 1. The molecule has 0 aliphatic carbocycles.